The second-order valence-electron chi connectivity index (χ2n) is 14.5. The number of para-hydroxylation sites is 3. The highest BCUT2D eigenvalue weighted by atomic mass is 15.2. The Labute approximate surface area is 328 Å². The fourth-order valence-corrected chi connectivity index (χ4v) is 8.95. The predicted molar refractivity (Wildman–Crippen MR) is 237 cm³/mol. The van der Waals surface area contributed by atoms with Crippen molar-refractivity contribution in [1.29, 1.82) is 0 Å². The first-order chi connectivity index (χ1) is 27.8. The molecule has 2 heteroatoms. The highest BCUT2D eigenvalue weighted by Crippen LogP contribution is 2.55. The summed E-state index contributed by atoms with van der Waals surface area (Å²) in [6.45, 7) is 0. The third-order valence-electron chi connectivity index (χ3n) is 11.3. The third-order valence-corrected chi connectivity index (χ3v) is 11.3. The summed E-state index contributed by atoms with van der Waals surface area (Å²) in [6, 6.07) is 77.3. The molecule has 2 nitrogen and oxygen atoms in total. The molecule has 0 aliphatic heterocycles. The predicted octanol–water partition coefficient (Wildman–Crippen LogP) is 14.2. The first-order valence-corrected chi connectivity index (χ1v) is 19.4. The molecule has 0 spiro atoms. The summed E-state index contributed by atoms with van der Waals surface area (Å²) in [5, 5.41) is 2.44. The molecule has 0 amide bonds. The Morgan fingerprint density at radius 3 is 1.73 bits per heavy atom. The molecule has 1 aromatic heterocycles. The van der Waals surface area contributed by atoms with Crippen LogP contribution in [0.15, 0.2) is 231 Å². The average Bonchev–Trinajstić information content (AvgIpc) is 3.62. The lowest BCUT2D eigenvalue weighted by Crippen LogP contribution is -2.46. The van der Waals surface area contributed by atoms with Crippen molar-refractivity contribution in [2.24, 2.45) is 0 Å². The van der Waals surface area contributed by atoms with Gasteiger partial charge in [-0.2, -0.15) is 0 Å². The van der Waals surface area contributed by atoms with E-state index in [0.29, 0.717) is 0 Å². The first kappa shape index (κ1) is 33.4. The maximum atomic E-state index is 2.66. The standard InChI is InChI=1S/C54H40N2/c1-5-21-40(22-6-1)45-29-13-16-33-50(45)54(38-20-19-32-49(54)42-25-9-3-10-26-42)56(53-35-18-14-30-46(53)41-23-7-2-8-24-41)44-36-37-52-48(39-44)47-31-15-17-34-51(47)55(52)43-27-11-4-12-28-43/h1-37,39H,38H2. The number of rotatable bonds is 8. The minimum atomic E-state index is -0.668. The quantitative estimate of drug-likeness (QED) is 0.152. The molecule has 8 aromatic carbocycles. The maximum absolute atomic E-state index is 2.66. The van der Waals surface area contributed by atoms with Crippen LogP contribution >= 0.6 is 0 Å². The molecule has 56 heavy (non-hydrogen) atoms. The molecule has 0 bridgehead atoms. The zero-order valence-electron chi connectivity index (χ0n) is 31.0. The number of allylic oxidation sites excluding steroid dienone is 2. The molecule has 266 valence electrons. The monoisotopic (exact) mass is 716 g/mol. The second kappa shape index (κ2) is 14.2. The minimum absolute atomic E-state index is 0.668. The van der Waals surface area contributed by atoms with Crippen LogP contribution in [0.1, 0.15) is 17.5 Å². The Balaban J connectivity index is 1.34. The van der Waals surface area contributed by atoms with Gasteiger partial charge in [0.15, 0.2) is 0 Å². The number of nitrogens with zero attached hydrogens (tertiary/aromatic N) is 2. The molecule has 0 radical (unpaired) electrons. The third kappa shape index (κ3) is 5.58. The fraction of sp³-hybridized carbons (Fsp3) is 0.0370. The van der Waals surface area contributed by atoms with Gasteiger partial charge in [0.2, 0.25) is 0 Å². The summed E-state index contributed by atoms with van der Waals surface area (Å²) in [4.78, 5) is 2.66. The van der Waals surface area contributed by atoms with E-state index in [1.165, 1.54) is 60.8 Å². The van der Waals surface area contributed by atoms with Gasteiger partial charge in [-0.05, 0) is 82.3 Å². The van der Waals surface area contributed by atoms with E-state index in [1.54, 1.807) is 0 Å². The fourth-order valence-electron chi connectivity index (χ4n) is 8.95. The lowest BCUT2D eigenvalue weighted by Gasteiger charge is -2.50. The van der Waals surface area contributed by atoms with Crippen LogP contribution in [0.5, 0.6) is 0 Å². The van der Waals surface area contributed by atoms with Crippen LogP contribution < -0.4 is 4.90 Å². The molecule has 1 unspecified atom stereocenters. The number of hydrogen-bond acceptors (Lipinski definition) is 1. The molecular weight excluding hydrogens is 677 g/mol. The lowest BCUT2D eigenvalue weighted by atomic mass is 9.70. The van der Waals surface area contributed by atoms with Crippen LogP contribution in [0.4, 0.5) is 11.4 Å². The van der Waals surface area contributed by atoms with Crippen LogP contribution in [-0.4, -0.2) is 4.57 Å². The average molecular weight is 717 g/mol. The summed E-state index contributed by atoms with van der Waals surface area (Å²) in [5.74, 6) is 0. The van der Waals surface area contributed by atoms with Gasteiger partial charge in [0.1, 0.15) is 5.54 Å². The van der Waals surface area contributed by atoms with Crippen molar-refractivity contribution in [3.8, 4) is 27.9 Å². The van der Waals surface area contributed by atoms with Crippen molar-refractivity contribution >= 4 is 38.8 Å². The van der Waals surface area contributed by atoms with E-state index < -0.39 is 5.54 Å². The summed E-state index contributed by atoms with van der Waals surface area (Å²) >= 11 is 0. The van der Waals surface area contributed by atoms with Gasteiger partial charge in [0.25, 0.3) is 0 Å². The van der Waals surface area contributed by atoms with E-state index in [-0.39, 0.29) is 0 Å². The number of anilines is 2. The van der Waals surface area contributed by atoms with E-state index in [9.17, 15) is 0 Å². The molecule has 0 fully saturated rings. The molecule has 0 saturated carbocycles. The number of fused-ring (bicyclic) bond motifs is 3. The van der Waals surface area contributed by atoms with Crippen LogP contribution in [0.25, 0.3) is 55.3 Å². The van der Waals surface area contributed by atoms with Gasteiger partial charge < -0.3 is 9.47 Å². The lowest BCUT2D eigenvalue weighted by molar-refractivity contribution is 0.568. The molecular formula is C54H40N2. The van der Waals surface area contributed by atoms with Crippen LogP contribution in [0, 0.1) is 0 Å². The Morgan fingerprint density at radius 1 is 0.446 bits per heavy atom. The topological polar surface area (TPSA) is 8.17 Å². The van der Waals surface area contributed by atoms with Crippen molar-refractivity contribution in [2.75, 3.05) is 4.90 Å². The van der Waals surface area contributed by atoms with Gasteiger partial charge >= 0.3 is 0 Å². The highest BCUT2D eigenvalue weighted by molar-refractivity contribution is 6.11. The molecule has 1 heterocycles. The first-order valence-electron chi connectivity index (χ1n) is 19.4. The van der Waals surface area contributed by atoms with Crippen molar-refractivity contribution in [3.05, 3.63) is 242 Å². The number of aromatic nitrogens is 1. The van der Waals surface area contributed by atoms with E-state index in [0.717, 1.165) is 23.5 Å². The molecule has 9 aromatic rings. The normalized spacial score (nSPS) is 15.2. The van der Waals surface area contributed by atoms with Gasteiger partial charge in [-0.1, -0.05) is 188 Å². The maximum Gasteiger partial charge on any atom is 0.100 e. The Bertz CT molecular complexity index is 2870. The molecule has 0 N–H and O–H groups in total. The zero-order valence-corrected chi connectivity index (χ0v) is 31.0. The van der Waals surface area contributed by atoms with Crippen molar-refractivity contribution in [3.63, 3.8) is 0 Å². The summed E-state index contributed by atoms with van der Waals surface area (Å²) in [5.41, 5.74) is 13.6. The van der Waals surface area contributed by atoms with Crippen molar-refractivity contribution < 1.29 is 0 Å². The van der Waals surface area contributed by atoms with Gasteiger partial charge in [-0.25, -0.2) is 0 Å². The van der Waals surface area contributed by atoms with E-state index in [4.69, 9.17) is 0 Å². The van der Waals surface area contributed by atoms with Gasteiger partial charge in [-0.15, -0.1) is 0 Å². The van der Waals surface area contributed by atoms with E-state index in [2.05, 4.69) is 240 Å². The van der Waals surface area contributed by atoms with Crippen LogP contribution in [0.3, 0.4) is 0 Å². The highest BCUT2D eigenvalue weighted by Gasteiger charge is 2.46. The Hall–Kier alpha value is -7.16. The van der Waals surface area contributed by atoms with Gasteiger partial charge in [0, 0.05) is 27.7 Å². The van der Waals surface area contributed by atoms with E-state index in [1.807, 2.05) is 0 Å². The van der Waals surface area contributed by atoms with Gasteiger partial charge in [0.05, 0.1) is 16.7 Å². The zero-order chi connectivity index (χ0) is 37.3. The summed E-state index contributed by atoms with van der Waals surface area (Å²) in [7, 11) is 0. The molecule has 1 atom stereocenters. The molecule has 10 rings (SSSR count). The largest absolute Gasteiger partial charge is 0.326 e. The molecule has 0 saturated heterocycles. The second-order valence-corrected chi connectivity index (χ2v) is 14.5. The van der Waals surface area contributed by atoms with Gasteiger partial charge in [-0.3, -0.25) is 0 Å². The van der Waals surface area contributed by atoms with Crippen molar-refractivity contribution in [1.82, 2.24) is 4.57 Å². The Kier molecular flexibility index (Phi) is 8.50. The van der Waals surface area contributed by atoms with E-state index >= 15 is 0 Å². The number of hydrogen-bond donors (Lipinski definition) is 0. The summed E-state index contributed by atoms with van der Waals surface area (Å²) in [6.07, 6.45) is 7.69. The van der Waals surface area contributed by atoms with Crippen LogP contribution in [-0.2, 0) is 5.54 Å². The van der Waals surface area contributed by atoms with Crippen molar-refractivity contribution in [2.45, 2.75) is 12.0 Å². The summed E-state index contributed by atoms with van der Waals surface area (Å²) < 4.78 is 2.40. The minimum Gasteiger partial charge on any atom is -0.326 e. The molecule has 1 aliphatic carbocycles. The Morgan fingerprint density at radius 2 is 1.00 bits per heavy atom. The SMILES string of the molecule is C1=CCC(c2ccccc2-c2ccccc2)(N(c2ccc3c(c2)c2ccccc2n3-c2ccccc2)c2ccccc2-c2ccccc2)C(c2ccccc2)=C1. The number of benzene rings is 8. The molecule has 1 aliphatic rings. The smallest absolute Gasteiger partial charge is 0.100 e. The van der Waals surface area contributed by atoms with Crippen LogP contribution in [0.2, 0.25) is 0 Å².